The van der Waals surface area contributed by atoms with Gasteiger partial charge in [0.2, 0.25) is 0 Å². The number of nitrogens with zero attached hydrogens (tertiary/aromatic N) is 4. The molecule has 0 amide bonds. The fraction of sp³-hybridized carbons (Fsp3) is 0.308. The summed E-state index contributed by atoms with van der Waals surface area (Å²) < 4.78 is 3.21. The van der Waals surface area contributed by atoms with Gasteiger partial charge in [0.05, 0.1) is 12.7 Å². The lowest BCUT2D eigenvalue weighted by Gasteiger charge is -2.06. The maximum Gasteiger partial charge on any atom is 0.328 e. The van der Waals surface area contributed by atoms with Gasteiger partial charge in [-0.2, -0.15) is 0 Å². The first-order valence-electron chi connectivity index (χ1n) is 6.75. The first-order valence-corrected chi connectivity index (χ1v) is 6.75. The van der Waals surface area contributed by atoms with Gasteiger partial charge in [0.15, 0.2) is 11.2 Å². The van der Waals surface area contributed by atoms with Crippen LogP contribution >= 0.6 is 0 Å². The Labute approximate surface area is 123 Å². The van der Waals surface area contributed by atoms with E-state index in [-0.39, 0.29) is 11.1 Å². The van der Waals surface area contributed by atoms with Gasteiger partial charge >= 0.3 is 5.69 Å². The van der Waals surface area contributed by atoms with Crippen molar-refractivity contribution in [2.75, 3.05) is 0 Å². The number of rotatable bonds is 4. The zero-order chi connectivity index (χ0) is 15.7. The quantitative estimate of drug-likeness (QED) is 0.665. The first kappa shape index (κ1) is 14.0. The SMILES string of the molecule is Cc1cn(CCCn2cnc3c(=O)[nH]cnc32)c(=O)[nH]c1=O. The third-order valence-electron chi connectivity index (χ3n) is 3.39. The Morgan fingerprint density at radius 1 is 1.09 bits per heavy atom. The summed E-state index contributed by atoms with van der Waals surface area (Å²) in [4.78, 5) is 47.4. The van der Waals surface area contributed by atoms with Crippen LogP contribution in [0.2, 0.25) is 0 Å². The molecule has 114 valence electrons. The van der Waals surface area contributed by atoms with Gasteiger partial charge in [-0.1, -0.05) is 0 Å². The Kier molecular flexibility index (Phi) is 3.45. The second-order valence-electron chi connectivity index (χ2n) is 4.96. The molecule has 0 aliphatic carbocycles. The van der Waals surface area contributed by atoms with Crippen molar-refractivity contribution in [2.45, 2.75) is 26.4 Å². The molecule has 22 heavy (non-hydrogen) atoms. The van der Waals surface area contributed by atoms with Crippen LogP contribution in [0.1, 0.15) is 12.0 Å². The molecular weight excluding hydrogens is 288 g/mol. The number of aryl methyl sites for hydroxylation is 3. The van der Waals surface area contributed by atoms with E-state index in [1.165, 1.54) is 17.1 Å². The van der Waals surface area contributed by atoms with E-state index in [9.17, 15) is 14.4 Å². The van der Waals surface area contributed by atoms with Crippen LogP contribution in [0.25, 0.3) is 11.2 Å². The van der Waals surface area contributed by atoms with Crippen LogP contribution < -0.4 is 16.8 Å². The molecule has 0 fully saturated rings. The second kappa shape index (κ2) is 5.43. The molecule has 0 aromatic carbocycles. The molecule has 3 aromatic heterocycles. The molecule has 0 bridgehead atoms. The summed E-state index contributed by atoms with van der Waals surface area (Å²) in [5.74, 6) is 0. The van der Waals surface area contributed by atoms with E-state index in [0.29, 0.717) is 36.2 Å². The molecule has 0 unspecified atom stereocenters. The highest BCUT2D eigenvalue weighted by Crippen LogP contribution is 2.05. The maximum atomic E-state index is 11.7. The fourth-order valence-corrected chi connectivity index (χ4v) is 2.25. The molecule has 3 aromatic rings. The fourth-order valence-electron chi connectivity index (χ4n) is 2.25. The molecule has 3 rings (SSSR count). The van der Waals surface area contributed by atoms with Crippen molar-refractivity contribution in [3.8, 4) is 0 Å². The van der Waals surface area contributed by atoms with Crippen molar-refractivity contribution >= 4 is 11.2 Å². The molecule has 0 radical (unpaired) electrons. The predicted molar refractivity (Wildman–Crippen MR) is 78.8 cm³/mol. The minimum Gasteiger partial charge on any atom is -0.315 e. The van der Waals surface area contributed by atoms with Crippen molar-refractivity contribution in [2.24, 2.45) is 0 Å². The van der Waals surface area contributed by atoms with Crippen molar-refractivity contribution in [1.82, 2.24) is 29.1 Å². The van der Waals surface area contributed by atoms with E-state index in [0.717, 1.165) is 0 Å². The second-order valence-corrected chi connectivity index (χ2v) is 4.96. The predicted octanol–water partition coefficient (Wildman–Crippen LogP) is -0.632. The Morgan fingerprint density at radius 2 is 1.86 bits per heavy atom. The van der Waals surface area contributed by atoms with E-state index < -0.39 is 5.69 Å². The van der Waals surface area contributed by atoms with Gasteiger partial charge in [0, 0.05) is 24.8 Å². The van der Waals surface area contributed by atoms with Crippen LogP contribution in [-0.2, 0) is 13.1 Å². The van der Waals surface area contributed by atoms with Gasteiger partial charge in [0.1, 0.15) is 0 Å². The van der Waals surface area contributed by atoms with E-state index in [4.69, 9.17) is 0 Å². The minimum absolute atomic E-state index is 0.281. The van der Waals surface area contributed by atoms with Crippen molar-refractivity contribution < 1.29 is 0 Å². The van der Waals surface area contributed by atoms with Crippen LogP contribution in [0.4, 0.5) is 0 Å². The largest absolute Gasteiger partial charge is 0.328 e. The lowest BCUT2D eigenvalue weighted by Crippen LogP contribution is -2.31. The number of hydrogen-bond acceptors (Lipinski definition) is 5. The zero-order valence-electron chi connectivity index (χ0n) is 11.9. The normalized spacial score (nSPS) is 11.1. The van der Waals surface area contributed by atoms with Crippen molar-refractivity contribution in [3.05, 3.63) is 55.6 Å². The molecule has 0 saturated heterocycles. The first-order chi connectivity index (χ1) is 10.6. The standard InChI is InChI=1S/C13H14N6O3/c1-8-5-18(13(22)17-11(8)20)3-2-4-19-7-16-9-10(19)14-6-15-12(9)21/h5-7H,2-4H2,1H3,(H,14,15,21)(H,17,20,22). The molecule has 9 heteroatoms. The Hall–Kier alpha value is -2.97. The van der Waals surface area contributed by atoms with Gasteiger partial charge in [0.25, 0.3) is 11.1 Å². The van der Waals surface area contributed by atoms with E-state index in [2.05, 4.69) is 19.9 Å². The number of H-pyrrole nitrogens is 2. The number of aromatic nitrogens is 6. The summed E-state index contributed by atoms with van der Waals surface area (Å²) in [5, 5.41) is 0. The highest BCUT2D eigenvalue weighted by molar-refractivity contribution is 5.68. The average Bonchev–Trinajstić information content (AvgIpc) is 2.89. The Balaban J connectivity index is 1.77. The van der Waals surface area contributed by atoms with Crippen LogP contribution in [0, 0.1) is 6.92 Å². The van der Waals surface area contributed by atoms with Crippen LogP contribution in [0.5, 0.6) is 0 Å². The molecular formula is C13H14N6O3. The number of nitrogens with one attached hydrogen (secondary N) is 2. The number of imidazole rings is 1. The molecule has 3 heterocycles. The molecule has 2 N–H and O–H groups in total. The maximum absolute atomic E-state index is 11.7. The van der Waals surface area contributed by atoms with Gasteiger partial charge < -0.3 is 14.1 Å². The van der Waals surface area contributed by atoms with Crippen molar-refractivity contribution in [3.63, 3.8) is 0 Å². The zero-order valence-corrected chi connectivity index (χ0v) is 11.9. The lowest BCUT2D eigenvalue weighted by molar-refractivity contribution is 0.547. The Morgan fingerprint density at radius 3 is 2.68 bits per heavy atom. The summed E-state index contributed by atoms with van der Waals surface area (Å²) >= 11 is 0. The summed E-state index contributed by atoms with van der Waals surface area (Å²) in [6, 6.07) is 0. The lowest BCUT2D eigenvalue weighted by atomic mass is 10.3. The number of hydrogen-bond donors (Lipinski definition) is 2. The average molecular weight is 302 g/mol. The van der Waals surface area contributed by atoms with Gasteiger partial charge in [-0.15, -0.1) is 0 Å². The third-order valence-corrected chi connectivity index (χ3v) is 3.39. The minimum atomic E-state index is -0.430. The smallest absolute Gasteiger partial charge is 0.315 e. The van der Waals surface area contributed by atoms with E-state index >= 15 is 0 Å². The molecule has 0 atom stereocenters. The number of fused-ring (bicyclic) bond motifs is 1. The molecule has 0 spiro atoms. The van der Waals surface area contributed by atoms with E-state index in [1.54, 1.807) is 17.8 Å². The molecule has 0 aliphatic rings. The topological polar surface area (TPSA) is 118 Å². The summed E-state index contributed by atoms with van der Waals surface area (Å²) in [7, 11) is 0. The molecule has 9 nitrogen and oxygen atoms in total. The van der Waals surface area contributed by atoms with Crippen molar-refractivity contribution in [1.29, 1.82) is 0 Å². The van der Waals surface area contributed by atoms with Crippen LogP contribution in [-0.4, -0.2) is 29.1 Å². The summed E-state index contributed by atoms with van der Waals surface area (Å²) in [5.41, 5.74) is 0.205. The Bertz CT molecular complexity index is 993. The number of aromatic amines is 2. The highest BCUT2D eigenvalue weighted by atomic mass is 16.2. The highest BCUT2D eigenvalue weighted by Gasteiger charge is 2.07. The van der Waals surface area contributed by atoms with E-state index in [1.807, 2.05) is 0 Å². The van der Waals surface area contributed by atoms with Crippen LogP contribution in [0.15, 0.2) is 33.2 Å². The monoisotopic (exact) mass is 302 g/mol. The van der Waals surface area contributed by atoms with Gasteiger partial charge in [-0.25, -0.2) is 14.8 Å². The van der Waals surface area contributed by atoms with Gasteiger partial charge in [-0.3, -0.25) is 14.6 Å². The summed E-state index contributed by atoms with van der Waals surface area (Å²) in [6.45, 7) is 2.64. The summed E-state index contributed by atoms with van der Waals surface area (Å²) in [6.07, 6.45) is 5.05. The third kappa shape index (κ3) is 2.48. The van der Waals surface area contributed by atoms with Gasteiger partial charge in [-0.05, 0) is 13.3 Å². The van der Waals surface area contributed by atoms with Crippen LogP contribution in [0.3, 0.4) is 0 Å². The molecule has 0 saturated carbocycles. The molecule has 0 aliphatic heterocycles.